The number of carbonyl (C=O) groups is 1. The Morgan fingerprint density at radius 3 is 2.30 bits per heavy atom. The molecule has 0 fully saturated rings. The summed E-state index contributed by atoms with van der Waals surface area (Å²) in [7, 11) is 0. The van der Waals surface area contributed by atoms with Gasteiger partial charge in [-0.1, -0.05) is 66.7 Å². The van der Waals surface area contributed by atoms with E-state index in [1.54, 1.807) is 12.3 Å². The summed E-state index contributed by atoms with van der Waals surface area (Å²) in [6, 6.07) is 28.7. The van der Waals surface area contributed by atoms with E-state index < -0.39 is 12.1 Å². The summed E-state index contributed by atoms with van der Waals surface area (Å²) < 4.78 is 0. The van der Waals surface area contributed by atoms with Crippen molar-refractivity contribution in [3.63, 3.8) is 0 Å². The Kier molecular flexibility index (Phi) is 7.25. The zero-order valence-electron chi connectivity index (χ0n) is 18.2. The van der Waals surface area contributed by atoms with Crippen LogP contribution in [0.25, 0.3) is 22.4 Å². The molecule has 0 spiro atoms. The standard InChI is InChI=1S/C28H26N2O3/c31-27(22-6-2-1-3-7-22)19-29-17-15-20-9-11-21(12-10-20)23-13-14-24(28(32)33)25(18-23)26-8-4-5-16-30-26/h1-14,16,18,27,29,31H,15,17,19H2,(H,32,33)/t27-/m1/s1. The topological polar surface area (TPSA) is 82.5 Å². The van der Waals surface area contributed by atoms with Gasteiger partial charge in [-0.25, -0.2) is 4.79 Å². The van der Waals surface area contributed by atoms with Crippen LogP contribution in [-0.4, -0.2) is 34.3 Å². The number of aromatic carboxylic acids is 1. The average molecular weight is 439 g/mol. The number of carboxylic acids is 1. The molecule has 0 aliphatic rings. The Bertz CT molecular complexity index is 1190. The van der Waals surface area contributed by atoms with E-state index in [0.717, 1.165) is 29.7 Å². The van der Waals surface area contributed by atoms with Crippen molar-refractivity contribution >= 4 is 5.97 Å². The van der Waals surface area contributed by atoms with E-state index >= 15 is 0 Å². The van der Waals surface area contributed by atoms with Crippen LogP contribution in [0.5, 0.6) is 0 Å². The smallest absolute Gasteiger partial charge is 0.336 e. The largest absolute Gasteiger partial charge is 0.478 e. The van der Waals surface area contributed by atoms with Crippen molar-refractivity contribution in [3.8, 4) is 22.4 Å². The van der Waals surface area contributed by atoms with Crippen molar-refractivity contribution in [2.45, 2.75) is 12.5 Å². The Hall–Kier alpha value is -3.80. The van der Waals surface area contributed by atoms with Crippen LogP contribution >= 0.6 is 0 Å². The van der Waals surface area contributed by atoms with Crippen LogP contribution in [0.1, 0.15) is 27.6 Å². The molecule has 0 saturated heterocycles. The highest BCUT2D eigenvalue weighted by Crippen LogP contribution is 2.29. The van der Waals surface area contributed by atoms with Crippen LogP contribution in [0.2, 0.25) is 0 Å². The van der Waals surface area contributed by atoms with E-state index in [-0.39, 0.29) is 5.56 Å². The van der Waals surface area contributed by atoms with Gasteiger partial charge in [0.25, 0.3) is 0 Å². The highest BCUT2D eigenvalue weighted by Gasteiger charge is 2.14. The molecule has 0 aliphatic carbocycles. The van der Waals surface area contributed by atoms with Gasteiger partial charge >= 0.3 is 5.97 Å². The van der Waals surface area contributed by atoms with E-state index in [4.69, 9.17) is 0 Å². The first-order chi connectivity index (χ1) is 16.1. The Balaban J connectivity index is 1.40. The molecule has 4 aromatic rings. The lowest BCUT2D eigenvalue weighted by Crippen LogP contribution is -2.23. The molecular weight excluding hydrogens is 412 g/mol. The molecule has 0 amide bonds. The molecule has 3 aromatic carbocycles. The zero-order chi connectivity index (χ0) is 23.0. The van der Waals surface area contributed by atoms with Crippen LogP contribution in [0, 0.1) is 0 Å². The number of nitrogens with zero attached hydrogens (tertiary/aromatic N) is 1. The molecule has 0 aliphatic heterocycles. The van der Waals surface area contributed by atoms with Gasteiger partial charge in [0.2, 0.25) is 0 Å². The van der Waals surface area contributed by atoms with Crippen molar-refractivity contribution in [3.05, 3.63) is 114 Å². The second kappa shape index (κ2) is 10.7. The van der Waals surface area contributed by atoms with Crippen LogP contribution in [0.4, 0.5) is 0 Å². The monoisotopic (exact) mass is 438 g/mol. The molecule has 3 N–H and O–H groups in total. The molecule has 1 heterocycles. The maximum absolute atomic E-state index is 11.7. The van der Waals surface area contributed by atoms with E-state index in [0.29, 0.717) is 17.8 Å². The Morgan fingerprint density at radius 2 is 1.61 bits per heavy atom. The van der Waals surface area contributed by atoms with Crippen molar-refractivity contribution in [1.82, 2.24) is 10.3 Å². The number of nitrogens with one attached hydrogen (secondary N) is 1. The number of aliphatic hydroxyl groups excluding tert-OH is 1. The molecule has 1 aromatic heterocycles. The predicted octanol–water partition coefficient (Wildman–Crippen LogP) is 4.98. The third-order valence-electron chi connectivity index (χ3n) is 5.59. The third kappa shape index (κ3) is 5.71. The molecule has 0 saturated carbocycles. The summed E-state index contributed by atoms with van der Waals surface area (Å²) in [5.74, 6) is -0.970. The number of hydrogen-bond acceptors (Lipinski definition) is 4. The minimum atomic E-state index is -0.970. The van der Waals surface area contributed by atoms with Crippen molar-refractivity contribution in [2.24, 2.45) is 0 Å². The van der Waals surface area contributed by atoms with Crippen LogP contribution < -0.4 is 5.32 Å². The van der Waals surface area contributed by atoms with Gasteiger partial charge in [-0.05, 0) is 59.5 Å². The molecular formula is C28H26N2O3. The van der Waals surface area contributed by atoms with E-state index in [2.05, 4.69) is 22.4 Å². The molecule has 0 radical (unpaired) electrons. The maximum Gasteiger partial charge on any atom is 0.336 e. The summed E-state index contributed by atoms with van der Waals surface area (Å²) in [6.45, 7) is 1.27. The lowest BCUT2D eigenvalue weighted by molar-refractivity contribution is 0.0697. The Morgan fingerprint density at radius 1 is 0.879 bits per heavy atom. The molecule has 33 heavy (non-hydrogen) atoms. The number of aromatic nitrogens is 1. The summed E-state index contributed by atoms with van der Waals surface area (Å²) >= 11 is 0. The normalized spacial score (nSPS) is 11.8. The summed E-state index contributed by atoms with van der Waals surface area (Å²) in [5, 5.41) is 23.1. The number of rotatable bonds is 9. The molecule has 4 rings (SSSR count). The second-order valence-electron chi connectivity index (χ2n) is 7.86. The number of pyridine rings is 1. The Labute approximate surface area is 193 Å². The highest BCUT2D eigenvalue weighted by atomic mass is 16.4. The molecule has 5 heteroatoms. The molecule has 166 valence electrons. The number of carboxylic acid groups (broad SMARTS) is 1. The van der Waals surface area contributed by atoms with Crippen LogP contribution in [-0.2, 0) is 6.42 Å². The number of benzene rings is 3. The molecule has 5 nitrogen and oxygen atoms in total. The SMILES string of the molecule is O=C(O)c1ccc(-c2ccc(CCNC[C@@H](O)c3ccccc3)cc2)cc1-c1ccccn1. The second-order valence-corrected chi connectivity index (χ2v) is 7.86. The van der Waals surface area contributed by atoms with Gasteiger partial charge < -0.3 is 15.5 Å². The van der Waals surface area contributed by atoms with E-state index in [1.165, 1.54) is 5.56 Å². The van der Waals surface area contributed by atoms with Gasteiger partial charge in [-0.2, -0.15) is 0 Å². The van der Waals surface area contributed by atoms with E-state index in [9.17, 15) is 15.0 Å². The van der Waals surface area contributed by atoms with E-state index in [1.807, 2.05) is 72.8 Å². The lowest BCUT2D eigenvalue weighted by atomic mass is 9.96. The molecule has 0 bridgehead atoms. The summed E-state index contributed by atoms with van der Waals surface area (Å²) in [6.07, 6.45) is 1.99. The van der Waals surface area contributed by atoms with Crippen molar-refractivity contribution < 1.29 is 15.0 Å². The first-order valence-electron chi connectivity index (χ1n) is 10.9. The average Bonchev–Trinajstić information content (AvgIpc) is 2.87. The number of hydrogen-bond donors (Lipinski definition) is 3. The van der Waals surface area contributed by atoms with Gasteiger partial charge in [-0.3, -0.25) is 4.98 Å². The fourth-order valence-corrected chi connectivity index (χ4v) is 3.77. The fraction of sp³-hybridized carbons (Fsp3) is 0.143. The van der Waals surface area contributed by atoms with Gasteiger partial charge in [0, 0.05) is 18.3 Å². The van der Waals surface area contributed by atoms with Crippen LogP contribution in [0.15, 0.2) is 97.2 Å². The highest BCUT2D eigenvalue weighted by molar-refractivity contribution is 5.96. The number of aliphatic hydroxyl groups is 1. The van der Waals surface area contributed by atoms with Crippen molar-refractivity contribution in [2.75, 3.05) is 13.1 Å². The van der Waals surface area contributed by atoms with Gasteiger partial charge in [0.15, 0.2) is 0 Å². The first-order valence-corrected chi connectivity index (χ1v) is 10.9. The maximum atomic E-state index is 11.7. The predicted molar refractivity (Wildman–Crippen MR) is 130 cm³/mol. The summed E-state index contributed by atoms with van der Waals surface area (Å²) in [4.78, 5) is 16.0. The first kappa shape index (κ1) is 22.4. The minimum Gasteiger partial charge on any atom is -0.478 e. The van der Waals surface area contributed by atoms with Gasteiger partial charge in [-0.15, -0.1) is 0 Å². The van der Waals surface area contributed by atoms with Gasteiger partial charge in [0.1, 0.15) is 0 Å². The lowest BCUT2D eigenvalue weighted by Gasteiger charge is -2.12. The quantitative estimate of drug-likeness (QED) is 0.321. The summed E-state index contributed by atoms with van der Waals surface area (Å²) in [5.41, 5.74) is 5.53. The van der Waals surface area contributed by atoms with Crippen LogP contribution in [0.3, 0.4) is 0 Å². The third-order valence-corrected chi connectivity index (χ3v) is 5.59. The molecule has 0 unspecified atom stereocenters. The minimum absolute atomic E-state index is 0.234. The van der Waals surface area contributed by atoms with Crippen molar-refractivity contribution in [1.29, 1.82) is 0 Å². The van der Waals surface area contributed by atoms with Gasteiger partial charge in [0.05, 0.1) is 17.4 Å². The fourth-order valence-electron chi connectivity index (χ4n) is 3.77. The molecule has 1 atom stereocenters. The zero-order valence-corrected chi connectivity index (χ0v) is 18.2.